The van der Waals surface area contributed by atoms with Gasteiger partial charge >= 0.3 is 0 Å². The summed E-state index contributed by atoms with van der Waals surface area (Å²) in [4.78, 5) is 12.9. The van der Waals surface area contributed by atoms with E-state index in [9.17, 15) is 14.5 Å². The lowest BCUT2D eigenvalue weighted by atomic mass is 9.96. The van der Waals surface area contributed by atoms with Crippen LogP contribution in [0.5, 0.6) is 0 Å². The van der Waals surface area contributed by atoms with E-state index in [0.29, 0.717) is 12.0 Å². The topological polar surface area (TPSA) is 58.4 Å². The minimum absolute atomic E-state index is 0. The zero-order valence-electron chi connectivity index (χ0n) is 13.0. The third kappa shape index (κ3) is 5.73. The SMILES string of the molecule is C=C(C)C[C@H](c1ccc(F)cc1[N+](=O)[O-])N1CCNCC1.Cl.Cl. The monoisotopic (exact) mass is 365 g/mol. The standard InChI is InChI=1S/C15H20FN3O2.2ClH/c1-11(2)9-14(18-7-5-17-6-8-18)13-4-3-12(16)10-15(13)19(20)21;;/h3-4,10,14,17H,1,5-9H2,2H3;2*1H/t14-;;/m1../s1. The third-order valence-corrected chi connectivity index (χ3v) is 3.68. The number of piperazine rings is 1. The molecule has 1 aromatic rings. The van der Waals surface area contributed by atoms with Crippen LogP contribution in [0.15, 0.2) is 30.4 Å². The van der Waals surface area contributed by atoms with Crippen molar-refractivity contribution in [3.05, 3.63) is 51.8 Å². The summed E-state index contributed by atoms with van der Waals surface area (Å²) >= 11 is 0. The van der Waals surface area contributed by atoms with Crippen LogP contribution >= 0.6 is 24.8 Å². The Kier molecular flexibility index (Phi) is 9.31. The van der Waals surface area contributed by atoms with Crippen LogP contribution in [0.3, 0.4) is 0 Å². The Morgan fingerprint density at radius 2 is 2.04 bits per heavy atom. The van der Waals surface area contributed by atoms with Gasteiger partial charge < -0.3 is 5.32 Å². The van der Waals surface area contributed by atoms with Gasteiger partial charge in [-0.05, 0) is 25.5 Å². The average Bonchev–Trinajstić information content (AvgIpc) is 2.45. The summed E-state index contributed by atoms with van der Waals surface area (Å²) in [5, 5.41) is 14.5. The molecule has 8 heteroatoms. The fourth-order valence-electron chi connectivity index (χ4n) is 2.72. The van der Waals surface area contributed by atoms with Gasteiger partial charge in [-0.25, -0.2) is 4.39 Å². The molecule has 0 aromatic heterocycles. The molecule has 0 saturated carbocycles. The zero-order chi connectivity index (χ0) is 15.4. The van der Waals surface area contributed by atoms with E-state index >= 15 is 0 Å². The molecule has 1 aromatic carbocycles. The molecule has 1 aliphatic heterocycles. The smallest absolute Gasteiger partial charge is 0.277 e. The predicted octanol–water partition coefficient (Wildman–Crippen LogP) is 3.49. The Morgan fingerprint density at radius 1 is 1.43 bits per heavy atom. The molecule has 1 aliphatic rings. The third-order valence-electron chi connectivity index (χ3n) is 3.68. The van der Waals surface area contributed by atoms with Crippen molar-refractivity contribution in [3.8, 4) is 0 Å². The summed E-state index contributed by atoms with van der Waals surface area (Å²) in [5.74, 6) is -0.583. The highest BCUT2D eigenvalue weighted by Gasteiger charge is 2.28. The second-order valence-corrected chi connectivity index (χ2v) is 5.42. The van der Waals surface area contributed by atoms with Gasteiger partial charge in [-0.2, -0.15) is 0 Å². The van der Waals surface area contributed by atoms with Gasteiger partial charge in [-0.3, -0.25) is 15.0 Å². The van der Waals surface area contributed by atoms with Crippen molar-refractivity contribution >= 4 is 30.5 Å². The molecule has 0 unspecified atom stereocenters. The first-order chi connectivity index (χ1) is 9.99. The predicted molar refractivity (Wildman–Crippen MR) is 94.2 cm³/mol. The number of nitro benzene ring substituents is 1. The quantitative estimate of drug-likeness (QED) is 0.492. The maximum absolute atomic E-state index is 13.3. The molecule has 23 heavy (non-hydrogen) atoms. The van der Waals surface area contributed by atoms with E-state index in [1.807, 2.05) is 6.92 Å². The number of rotatable bonds is 5. The van der Waals surface area contributed by atoms with E-state index in [4.69, 9.17) is 0 Å². The Bertz CT molecular complexity index is 552. The summed E-state index contributed by atoms with van der Waals surface area (Å²) in [6, 6.07) is 3.69. The van der Waals surface area contributed by atoms with Crippen LogP contribution in [0.1, 0.15) is 24.9 Å². The minimum Gasteiger partial charge on any atom is -0.314 e. The van der Waals surface area contributed by atoms with Gasteiger partial charge in [0.15, 0.2) is 0 Å². The highest BCUT2D eigenvalue weighted by atomic mass is 35.5. The lowest BCUT2D eigenvalue weighted by Crippen LogP contribution is -2.45. The second kappa shape index (κ2) is 9.82. The van der Waals surface area contributed by atoms with Crippen LogP contribution in [0.25, 0.3) is 0 Å². The van der Waals surface area contributed by atoms with Crippen molar-refractivity contribution in [2.75, 3.05) is 26.2 Å². The number of hydrogen-bond donors (Lipinski definition) is 1. The van der Waals surface area contributed by atoms with Crippen molar-refractivity contribution in [3.63, 3.8) is 0 Å². The van der Waals surface area contributed by atoms with Gasteiger partial charge in [-0.1, -0.05) is 5.57 Å². The summed E-state index contributed by atoms with van der Waals surface area (Å²) in [7, 11) is 0. The summed E-state index contributed by atoms with van der Waals surface area (Å²) < 4.78 is 13.3. The molecule has 0 radical (unpaired) electrons. The Balaban J connectivity index is 0.00000242. The summed E-state index contributed by atoms with van der Waals surface area (Å²) in [6.45, 7) is 9.15. The van der Waals surface area contributed by atoms with Crippen LogP contribution in [-0.4, -0.2) is 36.0 Å². The molecule has 0 bridgehead atoms. The minimum atomic E-state index is -0.583. The van der Waals surface area contributed by atoms with Crippen LogP contribution in [0.4, 0.5) is 10.1 Å². The van der Waals surface area contributed by atoms with Crippen LogP contribution in [0, 0.1) is 15.9 Å². The van der Waals surface area contributed by atoms with Gasteiger partial charge in [-0.15, -0.1) is 31.4 Å². The van der Waals surface area contributed by atoms with Crippen LogP contribution in [0.2, 0.25) is 0 Å². The van der Waals surface area contributed by atoms with E-state index in [1.165, 1.54) is 12.1 Å². The Morgan fingerprint density at radius 3 is 2.57 bits per heavy atom. The maximum Gasteiger partial charge on any atom is 0.277 e. The van der Waals surface area contributed by atoms with Gasteiger partial charge in [0, 0.05) is 37.8 Å². The first-order valence-electron chi connectivity index (χ1n) is 7.02. The molecule has 1 saturated heterocycles. The first-order valence-corrected chi connectivity index (χ1v) is 7.02. The molecule has 2 rings (SSSR count). The Hall–Kier alpha value is -1.21. The summed E-state index contributed by atoms with van der Waals surface area (Å²) in [6.07, 6.45) is 0.631. The lowest BCUT2D eigenvalue weighted by molar-refractivity contribution is -0.386. The number of nitrogens with zero attached hydrogens (tertiary/aromatic N) is 2. The van der Waals surface area contributed by atoms with E-state index in [0.717, 1.165) is 37.8 Å². The number of halogens is 3. The van der Waals surface area contributed by atoms with Crippen molar-refractivity contribution in [1.82, 2.24) is 10.2 Å². The highest BCUT2D eigenvalue weighted by molar-refractivity contribution is 5.85. The molecule has 0 amide bonds. The number of benzene rings is 1. The molecule has 5 nitrogen and oxygen atoms in total. The lowest BCUT2D eigenvalue weighted by Gasteiger charge is -2.35. The molecule has 1 atom stereocenters. The fraction of sp³-hybridized carbons (Fsp3) is 0.467. The van der Waals surface area contributed by atoms with Crippen molar-refractivity contribution in [2.24, 2.45) is 0 Å². The first kappa shape index (κ1) is 21.8. The molecular formula is C15H22Cl2FN3O2. The van der Waals surface area contributed by atoms with Gasteiger partial charge in [0.1, 0.15) is 5.82 Å². The van der Waals surface area contributed by atoms with Crippen molar-refractivity contribution in [2.45, 2.75) is 19.4 Å². The molecule has 1 N–H and O–H groups in total. The molecule has 1 fully saturated rings. The normalized spacial score (nSPS) is 15.9. The summed E-state index contributed by atoms with van der Waals surface area (Å²) in [5.41, 5.74) is 1.36. The Labute approximate surface area is 147 Å². The fourth-order valence-corrected chi connectivity index (χ4v) is 2.72. The van der Waals surface area contributed by atoms with E-state index in [-0.39, 0.29) is 36.5 Å². The highest BCUT2D eigenvalue weighted by Crippen LogP contribution is 2.34. The van der Waals surface area contributed by atoms with Gasteiger partial charge in [0.2, 0.25) is 0 Å². The number of hydrogen-bond acceptors (Lipinski definition) is 4. The number of nitro groups is 1. The van der Waals surface area contributed by atoms with Crippen LogP contribution in [-0.2, 0) is 0 Å². The van der Waals surface area contributed by atoms with Crippen molar-refractivity contribution in [1.29, 1.82) is 0 Å². The average molecular weight is 366 g/mol. The maximum atomic E-state index is 13.3. The molecular weight excluding hydrogens is 344 g/mol. The number of nitrogens with one attached hydrogen (secondary N) is 1. The zero-order valence-corrected chi connectivity index (χ0v) is 14.6. The van der Waals surface area contributed by atoms with Crippen LogP contribution < -0.4 is 5.32 Å². The molecule has 0 spiro atoms. The largest absolute Gasteiger partial charge is 0.314 e. The second-order valence-electron chi connectivity index (χ2n) is 5.42. The van der Waals surface area contributed by atoms with E-state index < -0.39 is 10.7 Å². The van der Waals surface area contributed by atoms with Gasteiger partial charge in [0.05, 0.1) is 11.0 Å². The van der Waals surface area contributed by atoms with Crippen molar-refractivity contribution < 1.29 is 9.31 Å². The molecule has 130 valence electrons. The van der Waals surface area contributed by atoms with E-state index in [2.05, 4.69) is 16.8 Å². The van der Waals surface area contributed by atoms with Gasteiger partial charge in [0.25, 0.3) is 5.69 Å². The molecule has 1 heterocycles. The van der Waals surface area contributed by atoms with E-state index in [1.54, 1.807) is 0 Å². The molecule has 0 aliphatic carbocycles.